The first-order chi connectivity index (χ1) is 11.2. The summed E-state index contributed by atoms with van der Waals surface area (Å²) in [7, 11) is 1.64. The van der Waals surface area contributed by atoms with E-state index in [2.05, 4.69) is 9.97 Å². The molecule has 0 amide bonds. The molecule has 1 atom stereocenters. The lowest BCUT2D eigenvalue weighted by molar-refractivity contribution is 0.171. The lowest BCUT2D eigenvalue weighted by Crippen LogP contribution is -2.29. The molecule has 5 heteroatoms. The van der Waals surface area contributed by atoms with Crippen molar-refractivity contribution in [3.8, 4) is 11.6 Å². The van der Waals surface area contributed by atoms with Gasteiger partial charge in [0.05, 0.1) is 24.3 Å². The highest BCUT2D eigenvalue weighted by atomic mass is 16.5. The van der Waals surface area contributed by atoms with Gasteiger partial charge in [-0.1, -0.05) is 0 Å². The Kier molecular flexibility index (Phi) is 3.81. The summed E-state index contributed by atoms with van der Waals surface area (Å²) in [6.07, 6.45) is 8.84. The van der Waals surface area contributed by atoms with E-state index in [1.165, 1.54) is 18.4 Å². The van der Waals surface area contributed by atoms with Crippen molar-refractivity contribution in [2.75, 3.05) is 7.11 Å². The minimum Gasteiger partial charge on any atom is -0.488 e. The molecule has 2 aromatic rings. The van der Waals surface area contributed by atoms with Crippen molar-refractivity contribution in [3.63, 3.8) is 0 Å². The number of ether oxygens (including phenoxy) is 2. The molecule has 2 aromatic heterocycles. The molecule has 0 radical (unpaired) electrons. The predicted molar refractivity (Wildman–Crippen MR) is 88.8 cm³/mol. The Morgan fingerprint density at radius 2 is 2.09 bits per heavy atom. The smallest absolute Gasteiger partial charge is 0.213 e. The number of hydrogen-bond donors (Lipinski definition) is 1. The minimum atomic E-state index is 0.240. The number of methoxy groups -OCH3 is 1. The topological polar surface area (TPSA) is 70.3 Å². The number of nitrogens with zero attached hydrogens (tertiary/aromatic N) is 2. The van der Waals surface area contributed by atoms with Crippen molar-refractivity contribution in [2.45, 2.75) is 50.7 Å². The summed E-state index contributed by atoms with van der Waals surface area (Å²) < 4.78 is 11.4. The minimum absolute atomic E-state index is 0.240. The first-order valence-electron chi connectivity index (χ1n) is 8.48. The van der Waals surface area contributed by atoms with Crippen LogP contribution in [0, 0.1) is 5.92 Å². The lowest BCUT2D eigenvalue weighted by Gasteiger charge is -2.27. The Morgan fingerprint density at radius 1 is 1.26 bits per heavy atom. The zero-order valence-electron chi connectivity index (χ0n) is 13.5. The average Bonchev–Trinajstić information content (AvgIpc) is 2.99. The molecule has 1 aliphatic heterocycles. The van der Waals surface area contributed by atoms with Crippen LogP contribution in [-0.2, 0) is 6.42 Å². The summed E-state index contributed by atoms with van der Waals surface area (Å²) in [5.41, 5.74) is 8.99. The van der Waals surface area contributed by atoms with Crippen LogP contribution in [-0.4, -0.2) is 29.2 Å². The average molecular weight is 313 g/mol. The third-order valence-corrected chi connectivity index (χ3v) is 5.17. The van der Waals surface area contributed by atoms with Crippen LogP contribution in [0.4, 0.5) is 0 Å². The van der Waals surface area contributed by atoms with E-state index in [1.807, 2.05) is 18.3 Å². The molecular weight excluding hydrogens is 290 g/mol. The van der Waals surface area contributed by atoms with E-state index in [1.54, 1.807) is 7.11 Å². The van der Waals surface area contributed by atoms with Crippen LogP contribution in [0.2, 0.25) is 0 Å². The first kappa shape index (κ1) is 14.7. The van der Waals surface area contributed by atoms with Crippen LogP contribution in [0.3, 0.4) is 0 Å². The van der Waals surface area contributed by atoms with Crippen LogP contribution >= 0.6 is 0 Å². The van der Waals surface area contributed by atoms with E-state index in [9.17, 15) is 0 Å². The van der Waals surface area contributed by atoms with Crippen molar-refractivity contribution < 1.29 is 9.47 Å². The van der Waals surface area contributed by atoms with Crippen LogP contribution in [0.1, 0.15) is 37.7 Å². The molecule has 0 bridgehead atoms. The predicted octanol–water partition coefficient (Wildman–Crippen LogP) is 2.85. The van der Waals surface area contributed by atoms with Gasteiger partial charge in [0, 0.05) is 24.1 Å². The normalized spacial score (nSPS) is 26.8. The summed E-state index contributed by atoms with van der Waals surface area (Å²) >= 11 is 0. The Morgan fingerprint density at radius 3 is 2.87 bits per heavy atom. The third kappa shape index (κ3) is 2.85. The lowest BCUT2D eigenvalue weighted by atomic mass is 9.82. The van der Waals surface area contributed by atoms with E-state index in [0.29, 0.717) is 11.9 Å². The SMILES string of the molecule is COc1ccc2ncc3c(c2n1)CC(CC1CCC(N)CC1)O3. The molecule has 23 heavy (non-hydrogen) atoms. The molecule has 0 spiro atoms. The highest BCUT2D eigenvalue weighted by Gasteiger charge is 2.30. The van der Waals surface area contributed by atoms with Crippen molar-refractivity contribution in [1.29, 1.82) is 0 Å². The molecule has 2 aliphatic rings. The number of hydrogen-bond acceptors (Lipinski definition) is 5. The van der Waals surface area contributed by atoms with Crippen molar-refractivity contribution in [3.05, 3.63) is 23.9 Å². The van der Waals surface area contributed by atoms with E-state index < -0.39 is 0 Å². The van der Waals surface area contributed by atoms with Crippen LogP contribution in [0.5, 0.6) is 11.6 Å². The quantitative estimate of drug-likeness (QED) is 0.943. The van der Waals surface area contributed by atoms with Gasteiger partial charge < -0.3 is 15.2 Å². The summed E-state index contributed by atoms with van der Waals surface area (Å²) in [6, 6.07) is 4.20. The van der Waals surface area contributed by atoms with Gasteiger partial charge in [0.15, 0.2) is 0 Å². The van der Waals surface area contributed by atoms with Gasteiger partial charge in [-0.3, -0.25) is 4.98 Å². The van der Waals surface area contributed by atoms with E-state index in [0.717, 1.165) is 48.4 Å². The zero-order valence-corrected chi connectivity index (χ0v) is 13.5. The second-order valence-corrected chi connectivity index (χ2v) is 6.78. The highest BCUT2D eigenvalue weighted by molar-refractivity contribution is 5.81. The van der Waals surface area contributed by atoms with E-state index in [-0.39, 0.29) is 6.10 Å². The fourth-order valence-electron chi connectivity index (χ4n) is 3.87. The molecule has 1 unspecified atom stereocenters. The molecular formula is C18H23N3O2. The number of rotatable bonds is 3. The van der Waals surface area contributed by atoms with Gasteiger partial charge >= 0.3 is 0 Å². The van der Waals surface area contributed by atoms with E-state index >= 15 is 0 Å². The first-order valence-corrected chi connectivity index (χ1v) is 8.48. The summed E-state index contributed by atoms with van der Waals surface area (Å²) in [5, 5.41) is 0. The van der Waals surface area contributed by atoms with Crippen LogP contribution in [0.25, 0.3) is 11.0 Å². The molecule has 0 saturated heterocycles. The maximum atomic E-state index is 6.14. The largest absolute Gasteiger partial charge is 0.488 e. The second-order valence-electron chi connectivity index (χ2n) is 6.78. The zero-order chi connectivity index (χ0) is 15.8. The van der Waals surface area contributed by atoms with Gasteiger partial charge in [0.1, 0.15) is 11.9 Å². The molecule has 1 aliphatic carbocycles. The second kappa shape index (κ2) is 5.96. The standard InChI is InChI=1S/C18H23N3O2/c1-22-17-7-6-15-18(21-17)14-9-13(23-16(14)10-20-15)8-11-2-4-12(19)5-3-11/h6-7,10-13H,2-5,8-9,19H2,1H3. The molecule has 3 heterocycles. The van der Waals surface area contributed by atoms with Gasteiger partial charge in [-0.05, 0) is 44.1 Å². The van der Waals surface area contributed by atoms with Gasteiger partial charge in [-0.25, -0.2) is 4.98 Å². The Labute approximate surface area is 136 Å². The molecule has 1 saturated carbocycles. The van der Waals surface area contributed by atoms with Crippen molar-refractivity contribution in [2.24, 2.45) is 11.7 Å². The molecule has 1 fully saturated rings. The molecule has 0 aromatic carbocycles. The van der Waals surface area contributed by atoms with Crippen LogP contribution in [0.15, 0.2) is 18.3 Å². The van der Waals surface area contributed by atoms with Gasteiger partial charge in [0.25, 0.3) is 0 Å². The Bertz CT molecular complexity index is 711. The molecule has 5 nitrogen and oxygen atoms in total. The molecule has 122 valence electrons. The van der Waals surface area contributed by atoms with Gasteiger partial charge in [-0.2, -0.15) is 0 Å². The highest BCUT2D eigenvalue weighted by Crippen LogP contribution is 2.37. The van der Waals surface area contributed by atoms with Crippen LogP contribution < -0.4 is 15.2 Å². The van der Waals surface area contributed by atoms with Gasteiger partial charge in [-0.15, -0.1) is 0 Å². The fraction of sp³-hybridized carbons (Fsp3) is 0.556. The van der Waals surface area contributed by atoms with Crippen molar-refractivity contribution >= 4 is 11.0 Å². The Hall–Kier alpha value is -1.88. The number of nitrogens with two attached hydrogens (primary N) is 1. The van der Waals surface area contributed by atoms with Gasteiger partial charge in [0.2, 0.25) is 5.88 Å². The van der Waals surface area contributed by atoms with E-state index in [4.69, 9.17) is 15.2 Å². The monoisotopic (exact) mass is 313 g/mol. The summed E-state index contributed by atoms with van der Waals surface area (Å²) in [4.78, 5) is 9.04. The number of aromatic nitrogens is 2. The summed E-state index contributed by atoms with van der Waals surface area (Å²) in [6.45, 7) is 0. The van der Waals surface area contributed by atoms with Crippen molar-refractivity contribution in [1.82, 2.24) is 9.97 Å². The Balaban J connectivity index is 1.53. The third-order valence-electron chi connectivity index (χ3n) is 5.17. The molecule has 4 rings (SSSR count). The molecule has 2 N–H and O–H groups in total. The number of fused-ring (bicyclic) bond motifs is 3. The maximum absolute atomic E-state index is 6.14. The maximum Gasteiger partial charge on any atom is 0.213 e. The fourth-order valence-corrected chi connectivity index (χ4v) is 3.87. The number of pyridine rings is 2. The summed E-state index contributed by atoms with van der Waals surface area (Å²) in [5.74, 6) is 2.24.